The first kappa shape index (κ1) is 23.3. The van der Waals surface area contributed by atoms with Gasteiger partial charge in [0.25, 0.3) is 0 Å². The van der Waals surface area contributed by atoms with Crippen LogP contribution in [0.1, 0.15) is 0 Å². The van der Waals surface area contributed by atoms with E-state index in [0.717, 1.165) is 0 Å². The molecule has 2 rings (SSSR count). The Morgan fingerprint density at radius 2 is 1.00 bits per heavy atom. The first-order chi connectivity index (χ1) is 11.0. The van der Waals surface area contributed by atoms with Crippen molar-refractivity contribution in [1.29, 1.82) is 0 Å². The van der Waals surface area contributed by atoms with Crippen LogP contribution in [0.15, 0.2) is 60.7 Å². The van der Waals surface area contributed by atoms with E-state index in [9.17, 15) is 9.13 Å². The number of hydrogen-bond acceptors (Lipinski definition) is 6. The SMILES string of the molecule is COP(=O)(CP(=O)(OC)Oc1ccccc1)Oc1ccccc1.O.O. The summed E-state index contributed by atoms with van der Waals surface area (Å²) in [7, 11) is -4.96. The maximum absolute atomic E-state index is 12.7. The highest BCUT2D eigenvalue weighted by molar-refractivity contribution is 7.71. The Hall–Kier alpha value is -1.66. The maximum atomic E-state index is 12.7. The molecule has 0 spiro atoms. The van der Waals surface area contributed by atoms with Gasteiger partial charge in [-0.3, -0.25) is 0 Å². The molecule has 10 heteroatoms. The average molecular weight is 392 g/mol. The van der Waals surface area contributed by atoms with Crippen LogP contribution in [-0.4, -0.2) is 31.1 Å². The molecule has 8 nitrogen and oxygen atoms in total. The van der Waals surface area contributed by atoms with E-state index < -0.39 is 21.1 Å². The van der Waals surface area contributed by atoms with Crippen molar-refractivity contribution in [2.24, 2.45) is 0 Å². The molecule has 0 saturated heterocycles. The van der Waals surface area contributed by atoms with Gasteiger partial charge in [0.2, 0.25) is 0 Å². The van der Waals surface area contributed by atoms with Gasteiger partial charge in [-0.05, 0) is 24.3 Å². The van der Waals surface area contributed by atoms with Crippen molar-refractivity contribution in [3.63, 3.8) is 0 Å². The second-order valence-electron chi connectivity index (χ2n) is 4.54. The molecule has 2 unspecified atom stereocenters. The minimum atomic E-state index is -3.71. The fourth-order valence-electron chi connectivity index (χ4n) is 1.74. The fourth-order valence-corrected chi connectivity index (χ4v) is 5.86. The lowest BCUT2D eigenvalue weighted by molar-refractivity contribution is 0.306. The Kier molecular flexibility index (Phi) is 9.67. The van der Waals surface area contributed by atoms with E-state index in [0.29, 0.717) is 11.5 Å². The first-order valence-corrected chi connectivity index (χ1v) is 10.2. The highest BCUT2D eigenvalue weighted by atomic mass is 31.2. The molecule has 2 aromatic rings. The highest BCUT2D eigenvalue weighted by Crippen LogP contribution is 2.62. The molecular formula is C15H22O8P2. The smallest absolute Gasteiger partial charge is 0.392 e. The van der Waals surface area contributed by atoms with Crippen molar-refractivity contribution in [3.8, 4) is 11.5 Å². The van der Waals surface area contributed by atoms with Gasteiger partial charge >= 0.3 is 15.2 Å². The second-order valence-corrected chi connectivity index (χ2v) is 9.21. The summed E-state index contributed by atoms with van der Waals surface area (Å²) in [5, 5.41) is 0. The molecule has 0 amide bonds. The number of benzene rings is 2. The largest absolute Gasteiger partial charge is 0.424 e. The lowest BCUT2D eigenvalue weighted by Crippen LogP contribution is -2.06. The molecule has 0 aliphatic carbocycles. The molecule has 2 atom stereocenters. The molecule has 0 fully saturated rings. The third-order valence-electron chi connectivity index (χ3n) is 2.88. The van der Waals surface area contributed by atoms with Gasteiger partial charge in [0.15, 0.2) is 5.90 Å². The van der Waals surface area contributed by atoms with Gasteiger partial charge < -0.3 is 29.0 Å². The van der Waals surface area contributed by atoms with Gasteiger partial charge in [0.1, 0.15) is 11.5 Å². The molecule has 0 radical (unpaired) electrons. The van der Waals surface area contributed by atoms with E-state index in [4.69, 9.17) is 18.1 Å². The topological polar surface area (TPSA) is 134 Å². The van der Waals surface area contributed by atoms with Crippen molar-refractivity contribution in [2.45, 2.75) is 0 Å². The Bertz CT molecular complexity index is 646. The zero-order chi connectivity index (χ0) is 16.8. The van der Waals surface area contributed by atoms with Gasteiger partial charge in [-0.1, -0.05) is 36.4 Å². The Morgan fingerprint density at radius 3 is 1.28 bits per heavy atom. The predicted octanol–water partition coefficient (Wildman–Crippen LogP) is 3.13. The zero-order valence-electron chi connectivity index (χ0n) is 13.8. The molecule has 140 valence electrons. The maximum Gasteiger partial charge on any atom is 0.392 e. The lowest BCUT2D eigenvalue weighted by Gasteiger charge is -2.22. The highest BCUT2D eigenvalue weighted by Gasteiger charge is 2.39. The summed E-state index contributed by atoms with van der Waals surface area (Å²) in [6.45, 7) is 0. The van der Waals surface area contributed by atoms with Crippen molar-refractivity contribution in [2.75, 3.05) is 20.1 Å². The van der Waals surface area contributed by atoms with Crippen LogP contribution in [0, 0.1) is 0 Å². The van der Waals surface area contributed by atoms with Crippen LogP contribution in [0.3, 0.4) is 0 Å². The monoisotopic (exact) mass is 392 g/mol. The molecule has 0 bridgehead atoms. The third-order valence-corrected chi connectivity index (χ3v) is 7.74. The van der Waals surface area contributed by atoms with Crippen LogP contribution in [0.25, 0.3) is 0 Å². The molecule has 0 saturated carbocycles. The van der Waals surface area contributed by atoms with E-state index >= 15 is 0 Å². The van der Waals surface area contributed by atoms with E-state index in [1.165, 1.54) is 14.2 Å². The molecule has 0 aliphatic rings. The van der Waals surface area contributed by atoms with Crippen LogP contribution in [-0.2, 0) is 18.2 Å². The summed E-state index contributed by atoms with van der Waals surface area (Å²) in [5.41, 5.74) is 0. The Labute approximate surface area is 146 Å². The van der Waals surface area contributed by atoms with Gasteiger partial charge in [-0.25, -0.2) is 9.13 Å². The Morgan fingerprint density at radius 1 is 0.680 bits per heavy atom. The molecule has 25 heavy (non-hydrogen) atoms. The van der Waals surface area contributed by atoms with Gasteiger partial charge in [-0.2, -0.15) is 0 Å². The van der Waals surface area contributed by atoms with Crippen molar-refractivity contribution < 1.29 is 38.2 Å². The predicted molar refractivity (Wildman–Crippen MR) is 95.5 cm³/mol. The average Bonchev–Trinajstić information content (AvgIpc) is 2.56. The standard InChI is InChI=1S/C15H18O6P2.2H2O/c1-18-22(16,20-14-9-5-3-6-10-14)13-23(17,19-2)21-15-11-7-4-8-12-15;;/h3-12H,13H2,1-2H3;2*1H2. The second kappa shape index (κ2) is 10.4. The van der Waals surface area contributed by atoms with E-state index in [2.05, 4.69) is 0 Å². The fraction of sp³-hybridized carbons (Fsp3) is 0.200. The molecule has 0 aliphatic heterocycles. The van der Waals surface area contributed by atoms with Crippen LogP contribution in [0.2, 0.25) is 0 Å². The van der Waals surface area contributed by atoms with Gasteiger partial charge in [0, 0.05) is 14.2 Å². The number of hydrogen-bond donors (Lipinski definition) is 0. The summed E-state index contributed by atoms with van der Waals surface area (Å²) in [6.07, 6.45) is 0. The zero-order valence-corrected chi connectivity index (χ0v) is 15.6. The van der Waals surface area contributed by atoms with Crippen molar-refractivity contribution in [1.82, 2.24) is 0 Å². The van der Waals surface area contributed by atoms with Crippen molar-refractivity contribution in [3.05, 3.63) is 60.7 Å². The van der Waals surface area contributed by atoms with E-state index in [1.54, 1.807) is 60.7 Å². The summed E-state index contributed by atoms with van der Waals surface area (Å²) in [6, 6.07) is 17.0. The molecule has 4 N–H and O–H groups in total. The first-order valence-electron chi connectivity index (χ1n) is 6.77. The summed E-state index contributed by atoms with van der Waals surface area (Å²) < 4.78 is 46.2. The van der Waals surface area contributed by atoms with Gasteiger partial charge in [-0.15, -0.1) is 0 Å². The number of para-hydroxylation sites is 2. The quantitative estimate of drug-likeness (QED) is 0.634. The molecular weight excluding hydrogens is 370 g/mol. The van der Waals surface area contributed by atoms with Crippen LogP contribution in [0.5, 0.6) is 11.5 Å². The molecule has 0 aromatic heterocycles. The van der Waals surface area contributed by atoms with Gasteiger partial charge in [0.05, 0.1) is 0 Å². The number of rotatable bonds is 8. The normalized spacial score (nSPS) is 14.8. The van der Waals surface area contributed by atoms with E-state index in [1.807, 2.05) is 0 Å². The van der Waals surface area contributed by atoms with Crippen LogP contribution < -0.4 is 9.05 Å². The minimum Gasteiger partial charge on any atom is -0.424 e. The van der Waals surface area contributed by atoms with Crippen molar-refractivity contribution >= 4 is 15.2 Å². The third kappa shape index (κ3) is 7.00. The van der Waals surface area contributed by atoms with E-state index in [-0.39, 0.29) is 11.0 Å². The summed E-state index contributed by atoms with van der Waals surface area (Å²) >= 11 is 0. The minimum absolute atomic E-state index is 0. The van der Waals surface area contributed by atoms with Crippen LogP contribution in [0.4, 0.5) is 0 Å². The summed E-state index contributed by atoms with van der Waals surface area (Å²) in [4.78, 5) is 0. The molecule has 0 heterocycles. The van der Waals surface area contributed by atoms with Crippen LogP contribution >= 0.6 is 15.2 Å². The Balaban J connectivity index is 0.00000288. The lowest BCUT2D eigenvalue weighted by atomic mass is 10.3. The summed E-state index contributed by atoms with van der Waals surface area (Å²) in [5.74, 6) is 0.191. The molecule has 2 aromatic carbocycles.